The van der Waals surface area contributed by atoms with Crippen molar-refractivity contribution in [1.29, 1.82) is 0 Å². The summed E-state index contributed by atoms with van der Waals surface area (Å²) in [6.45, 7) is 0. The van der Waals surface area contributed by atoms with Crippen LogP contribution in [0.2, 0.25) is 0 Å². The van der Waals surface area contributed by atoms with Gasteiger partial charge in [0.25, 0.3) is 0 Å². The zero-order valence-corrected chi connectivity index (χ0v) is 15.7. The van der Waals surface area contributed by atoms with Crippen molar-refractivity contribution in [1.82, 2.24) is 19.9 Å². The molecule has 0 saturated carbocycles. The van der Waals surface area contributed by atoms with E-state index in [9.17, 15) is 0 Å². The van der Waals surface area contributed by atoms with Crippen LogP contribution in [0.1, 0.15) is 11.4 Å². The van der Waals surface area contributed by atoms with Crippen molar-refractivity contribution in [3.63, 3.8) is 0 Å². The predicted molar refractivity (Wildman–Crippen MR) is 117 cm³/mol. The molecule has 2 aromatic carbocycles. The monoisotopic (exact) mass is 372 g/mol. The highest BCUT2D eigenvalue weighted by Crippen LogP contribution is 2.31. The summed E-state index contributed by atoms with van der Waals surface area (Å²) in [5.74, 6) is 0.886. The lowest BCUT2D eigenvalue weighted by atomic mass is 9.95. The van der Waals surface area contributed by atoms with Crippen LogP contribution in [0.15, 0.2) is 85.2 Å². The summed E-state index contributed by atoms with van der Waals surface area (Å²) in [5, 5.41) is 1.08. The second-order valence-electron chi connectivity index (χ2n) is 6.95. The first-order valence-electron chi connectivity index (χ1n) is 9.46. The van der Waals surface area contributed by atoms with E-state index >= 15 is 0 Å². The zero-order valence-electron chi connectivity index (χ0n) is 15.7. The lowest BCUT2D eigenvalue weighted by Gasteiger charge is -2.04. The van der Waals surface area contributed by atoms with Crippen molar-refractivity contribution < 1.29 is 0 Å². The number of nitrogens with one attached hydrogen (secondary N) is 1. The quantitative estimate of drug-likeness (QED) is 0.484. The Labute approximate surface area is 170 Å². The SMILES string of the molecule is [B]c1ccc(Cc2nc(-c3ccc4ncccc4c3)c(-c3ccccn3)[nH]2)cc1. The van der Waals surface area contributed by atoms with E-state index in [0.29, 0.717) is 6.42 Å². The Morgan fingerprint density at radius 2 is 1.69 bits per heavy atom. The van der Waals surface area contributed by atoms with Gasteiger partial charge in [-0.3, -0.25) is 9.97 Å². The minimum Gasteiger partial charge on any atom is -0.340 e. The Hall–Kier alpha value is -3.73. The number of hydrogen-bond acceptors (Lipinski definition) is 3. The molecule has 0 aliphatic rings. The van der Waals surface area contributed by atoms with Gasteiger partial charge in [-0.25, -0.2) is 4.98 Å². The van der Waals surface area contributed by atoms with E-state index in [2.05, 4.69) is 33.2 Å². The van der Waals surface area contributed by atoms with Gasteiger partial charge in [0.2, 0.25) is 0 Å². The third kappa shape index (κ3) is 3.55. The highest BCUT2D eigenvalue weighted by Gasteiger charge is 2.16. The summed E-state index contributed by atoms with van der Waals surface area (Å²) in [5.41, 5.74) is 6.57. The highest BCUT2D eigenvalue weighted by atomic mass is 15.0. The molecule has 3 aromatic heterocycles. The molecule has 5 aromatic rings. The Morgan fingerprint density at radius 3 is 2.52 bits per heavy atom. The molecule has 0 atom stereocenters. The minimum absolute atomic E-state index is 0.690. The fourth-order valence-electron chi connectivity index (χ4n) is 3.46. The molecule has 3 heterocycles. The van der Waals surface area contributed by atoms with E-state index in [0.717, 1.165) is 50.4 Å². The molecule has 0 bridgehead atoms. The van der Waals surface area contributed by atoms with Crippen LogP contribution < -0.4 is 5.46 Å². The van der Waals surface area contributed by atoms with E-state index in [1.807, 2.05) is 54.6 Å². The van der Waals surface area contributed by atoms with Gasteiger partial charge in [0.15, 0.2) is 0 Å². The third-order valence-electron chi connectivity index (χ3n) is 4.90. The van der Waals surface area contributed by atoms with Crippen molar-refractivity contribution in [3.05, 3.63) is 96.6 Å². The molecule has 0 aliphatic carbocycles. The highest BCUT2D eigenvalue weighted by molar-refractivity contribution is 6.32. The molecule has 0 amide bonds. The van der Waals surface area contributed by atoms with Gasteiger partial charge in [-0.1, -0.05) is 47.9 Å². The van der Waals surface area contributed by atoms with Gasteiger partial charge >= 0.3 is 0 Å². The van der Waals surface area contributed by atoms with Crippen molar-refractivity contribution in [2.75, 3.05) is 0 Å². The molecule has 4 nitrogen and oxygen atoms in total. The van der Waals surface area contributed by atoms with Gasteiger partial charge in [0.1, 0.15) is 13.7 Å². The van der Waals surface area contributed by atoms with Crippen LogP contribution >= 0.6 is 0 Å². The number of nitrogens with zero attached hydrogens (tertiary/aromatic N) is 3. The maximum absolute atomic E-state index is 5.81. The minimum atomic E-state index is 0.690. The van der Waals surface area contributed by atoms with Gasteiger partial charge in [-0.05, 0) is 35.9 Å². The van der Waals surface area contributed by atoms with E-state index in [-0.39, 0.29) is 0 Å². The lowest BCUT2D eigenvalue weighted by Crippen LogP contribution is -2.01. The summed E-state index contributed by atoms with van der Waals surface area (Å²) >= 11 is 0. The largest absolute Gasteiger partial charge is 0.340 e. The molecule has 0 aliphatic heterocycles. The maximum atomic E-state index is 5.81. The number of aromatic amines is 1. The normalized spacial score (nSPS) is 11.0. The van der Waals surface area contributed by atoms with Gasteiger partial charge in [0, 0.05) is 29.8 Å². The fraction of sp³-hybridized carbons (Fsp3) is 0.0417. The van der Waals surface area contributed by atoms with Gasteiger partial charge in [-0.15, -0.1) is 0 Å². The molecule has 0 unspecified atom stereocenters. The summed E-state index contributed by atoms with van der Waals surface area (Å²) < 4.78 is 0. The molecular formula is C24H17BN4. The van der Waals surface area contributed by atoms with Crippen molar-refractivity contribution >= 4 is 24.2 Å². The van der Waals surface area contributed by atoms with Crippen LogP contribution in [-0.2, 0) is 6.42 Å². The zero-order chi connectivity index (χ0) is 19.6. The number of rotatable bonds is 4. The second-order valence-corrected chi connectivity index (χ2v) is 6.95. The molecule has 1 N–H and O–H groups in total. The van der Waals surface area contributed by atoms with Gasteiger partial charge in [-0.2, -0.15) is 0 Å². The average Bonchev–Trinajstić information content (AvgIpc) is 3.19. The van der Waals surface area contributed by atoms with E-state index in [1.165, 1.54) is 0 Å². The van der Waals surface area contributed by atoms with E-state index in [1.54, 1.807) is 12.4 Å². The summed E-state index contributed by atoms with van der Waals surface area (Å²) in [7, 11) is 5.81. The summed E-state index contributed by atoms with van der Waals surface area (Å²) in [4.78, 5) is 17.4. The van der Waals surface area contributed by atoms with Gasteiger partial charge < -0.3 is 4.98 Å². The van der Waals surface area contributed by atoms with Crippen molar-refractivity contribution in [3.8, 4) is 22.6 Å². The average molecular weight is 372 g/mol. The number of aromatic nitrogens is 4. The smallest absolute Gasteiger partial charge is 0.113 e. The number of fused-ring (bicyclic) bond motifs is 1. The summed E-state index contributed by atoms with van der Waals surface area (Å²) in [6, 6.07) is 24.0. The van der Waals surface area contributed by atoms with Crippen molar-refractivity contribution in [2.24, 2.45) is 0 Å². The molecule has 5 rings (SSSR count). The van der Waals surface area contributed by atoms with Gasteiger partial charge in [0.05, 0.1) is 22.6 Å². The Kier molecular flexibility index (Phi) is 4.41. The van der Waals surface area contributed by atoms with Crippen molar-refractivity contribution in [2.45, 2.75) is 6.42 Å². The molecule has 0 spiro atoms. The van der Waals surface area contributed by atoms with Crippen LogP contribution in [0, 0.1) is 0 Å². The fourth-order valence-corrected chi connectivity index (χ4v) is 3.46. The first-order valence-corrected chi connectivity index (χ1v) is 9.46. The Balaban J connectivity index is 1.62. The molecule has 0 saturated heterocycles. The van der Waals surface area contributed by atoms with Crippen LogP contribution in [0.3, 0.4) is 0 Å². The van der Waals surface area contributed by atoms with Crippen LogP contribution in [0.25, 0.3) is 33.5 Å². The topological polar surface area (TPSA) is 54.5 Å². The molecule has 5 heteroatoms. The van der Waals surface area contributed by atoms with Crippen LogP contribution in [0.4, 0.5) is 0 Å². The first kappa shape index (κ1) is 17.4. The Morgan fingerprint density at radius 1 is 0.828 bits per heavy atom. The van der Waals surface area contributed by atoms with E-state index < -0.39 is 0 Å². The summed E-state index contributed by atoms with van der Waals surface area (Å²) in [6.07, 6.45) is 4.29. The molecule has 136 valence electrons. The van der Waals surface area contributed by atoms with E-state index in [4.69, 9.17) is 12.8 Å². The lowest BCUT2D eigenvalue weighted by molar-refractivity contribution is 1.03. The second kappa shape index (κ2) is 7.36. The molecule has 0 fully saturated rings. The Bertz CT molecular complexity index is 1280. The standard InChI is InChI=1S/C24H17BN4/c25-19-9-6-16(7-10-19)14-22-28-23(24(29-22)21-5-1-2-12-27-21)18-8-11-20-17(15-18)4-3-13-26-20/h1-13,15H,14H2,(H,28,29). The maximum Gasteiger partial charge on any atom is 0.113 e. The first-order chi connectivity index (χ1) is 14.3. The number of H-pyrrole nitrogens is 1. The van der Waals surface area contributed by atoms with Crippen LogP contribution in [-0.4, -0.2) is 27.8 Å². The van der Waals surface area contributed by atoms with Crippen LogP contribution in [0.5, 0.6) is 0 Å². The third-order valence-corrected chi connectivity index (χ3v) is 4.90. The molecule has 2 radical (unpaired) electrons. The molecular weight excluding hydrogens is 355 g/mol. The predicted octanol–water partition coefficient (Wildman–Crippen LogP) is 4.07. The number of hydrogen-bond donors (Lipinski definition) is 1. The number of benzene rings is 2. The molecule has 29 heavy (non-hydrogen) atoms. The number of pyridine rings is 2. The number of imidazole rings is 1.